The first-order chi connectivity index (χ1) is 13.9. The average molecular weight is 412 g/mol. The minimum Gasteiger partial charge on any atom is -0.292 e. The quantitative estimate of drug-likeness (QED) is 0.407. The third kappa shape index (κ3) is 2.42. The van der Waals surface area contributed by atoms with Crippen LogP contribution in [0.4, 0.5) is 13.2 Å². The zero-order valence-corrected chi connectivity index (χ0v) is 15.9. The largest absolute Gasteiger partial charge is 0.451 e. The monoisotopic (exact) mass is 412 g/mol. The lowest BCUT2D eigenvalue weighted by Crippen LogP contribution is -2.55. The molecule has 0 saturated heterocycles. The number of thiophene rings is 1. The molecule has 0 radical (unpaired) electrons. The maximum atomic E-state index is 13.9. The predicted octanol–water partition coefficient (Wildman–Crippen LogP) is 5.73. The molecule has 3 aliphatic carbocycles. The number of hydrogen-bond acceptors (Lipinski definition) is 3. The molecule has 1 aromatic heterocycles. The summed E-state index contributed by atoms with van der Waals surface area (Å²) in [5.41, 5.74) is 0.910. The number of Topliss-reactive ketones (excluding diaryl/α,β-unsaturated/α-hetero) is 2. The molecule has 2 aromatic carbocycles. The van der Waals surface area contributed by atoms with Crippen molar-refractivity contribution >= 4 is 22.9 Å². The van der Waals surface area contributed by atoms with Gasteiger partial charge in [-0.1, -0.05) is 54.6 Å². The Morgan fingerprint density at radius 2 is 1.41 bits per heavy atom. The summed E-state index contributed by atoms with van der Waals surface area (Å²) < 4.78 is 41.6. The van der Waals surface area contributed by atoms with Gasteiger partial charge in [-0.05, 0) is 40.1 Å². The van der Waals surface area contributed by atoms with Crippen LogP contribution in [-0.2, 0) is 4.79 Å². The molecule has 2 nitrogen and oxygen atoms in total. The van der Waals surface area contributed by atoms with Gasteiger partial charge in [0.25, 0.3) is 5.78 Å². The molecule has 2 bridgehead atoms. The second kappa shape index (κ2) is 6.13. The summed E-state index contributed by atoms with van der Waals surface area (Å²) in [6.45, 7) is 0. The minimum absolute atomic E-state index is 0.166. The summed E-state index contributed by atoms with van der Waals surface area (Å²) in [5, 5.41) is 1.64. The molecule has 0 N–H and O–H groups in total. The smallest absolute Gasteiger partial charge is 0.292 e. The van der Waals surface area contributed by atoms with E-state index in [9.17, 15) is 22.8 Å². The first-order valence-electron chi connectivity index (χ1n) is 9.23. The van der Waals surface area contributed by atoms with Crippen molar-refractivity contribution < 1.29 is 22.8 Å². The summed E-state index contributed by atoms with van der Waals surface area (Å²) in [4.78, 5) is 26.7. The summed E-state index contributed by atoms with van der Waals surface area (Å²) >= 11 is 1.07. The summed E-state index contributed by atoms with van der Waals surface area (Å²) in [6, 6.07) is 17.6. The highest BCUT2D eigenvalue weighted by Crippen LogP contribution is 2.63. The van der Waals surface area contributed by atoms with Gasteiger partial charge in [-0.2, -0.15) is 13.2 Å². The van der Waals surface area contributed by atoms with E-state index in [1.54, 1.807) is 35.7 Å². The van der Waals surface area contributed by atoms with Crippen molar-refractivity contribution in [2.75, 3.05) is 0 Å². The third-order valence-corrected chi connectivity index (χ3v) is 7.07. The maximum absolute atomic E-state index is 13.9. The van der Waals surface area contributed by atoms with E-state index in [1.807, 2.05) is 24.3 Å². The molecule has 0 aliphatic heterocycles. The highest BCUT2D eigenvalue weighted by Gasteiger charge is 2.66. The predicted molar refractivity (Wildman–Crippen MR) is 103 cm³/mol. The number of hydrogen-bond donors (Lipinski definition) is 0. The Labute approximate surface area is 169 Å². The molecule has 6 heteroatoms. The number of carbonyl (C=O) groups is 2. The van der Waals surface area contributed by atoms with Gasteiger partial charge in [-0.3, -0.25) is 9.59 Å². The second-order valence-corrected chi connectivity index (χ2v) is 8.50. The van der Waals surface area contributed by atoms with Crippen molar-refractivity contribution in [1.29, 1.82) is 0 Å². The minimum atomic E-state index is -5.10. The highest BCUT2D eigenvalue weighted by atomic mass is 32.1. The van der Waals surface area contributed by atoms with Gasteiger partial charge in [0.15, 0.2) is 5.78 Å². The molecule has 146 valence electrons. The van der Waals surface area contributed by atoms with Gasteiger partial charge in [-0.15, -0.1) is 11.3 Å². The number of ketones is 2. The van der Waals surface area contributed by atoms with Crippen LogP contribution < -0.4 is 0 Å². The van der Waals surface area contributed by atoms with Gasteiger partial charge >= 0.3 is 6.18 Å². The van der Waals surface area contributed by atoms with Gasteiger partial charge in [0.05, 0.1) is 4.88 Å². The molecule has 1 unspecified atom stereocenters. The fourth-order valence-electron chi connectivity index (χ4n) is 5.14. The average Bonchev–Trinajstić information content (AvgIpc) is 3.26. The van der Waals surface area contributed by atoms with Crippen LogP contribution in [0, 0.1) is 5.41 Å². The van der Waals surface area contributed by atoms with E-state index in [1.165, 1.54) is 6.07 Å². The molecule has 0 amide bonds. The summed E-state index contributed by atoms with van der Waals surface area (Å²) in [7, 11) is 0. The van der Waals surface area contributed by atoms with E-state index in [4.69, 9.17) is 0 Å². The van der Waals surface area contributed by atoms with Crippen LogP contribution in [0.15, 0.2) is 66.0 Å². The lowest BCUT2D eigenvalue weighted by molar-refractivity contribution is -0.181. The van der Waals surface area contributed by atoms with E-state index < -0.39 is 35.0 Å². The Morgan fingerprint density at radius 1 is 0.862 bits per heavy atom. The van der Waals surface area contributed by atoms with E-state index in [-0.39, 0.29) is 11.3 Å². The molecule has 0 spiro atoms. The first-order valence-corrected chi connectivity index (χ1v) is 10.1. The molecule has 1 heterocycles. The van der Waals surface area contributed by atoms with Gasteiger partial charge < -0.3 is 0 Å². The molecular weight excluding hydrogens is 397 g/mol. The molecule has 1 atom stereocenters. The molecule has 0 fully saturated rings. The first kappa shape index (κ1) is 18.3. The Balaban J connectivity index is 1.84. The van der Waals surface area contributed by atoms with Crippen molar-refractivity contribution in [2.24, 2.45) is 5.41 Å². The highest BCUT2D eigenvalue weighted by molar-refractivity contribution is 7.12. The SMILES string of the molecule is O=C(c1cccs1)C1(C(=O)C(F)(F)F)CC2c3ccccc3C1c1ccccc12. The van der Waals surface area contributed by atoms with Gasteiger partial charge in [0.1, 0.15) is 5.41 Å². The third-order valence-electron chi connectivity index (χ3n) is 6.20. The van der Waals surface area contributed by atoms with Crippen molar-refractivity contribution in [3.05, 3.63) is 93.2 Å². The van der Waals surface area contributed by atoms with Crippen LogP contribution in [-0.4, -0.2) is 17.7 Å². The summed E-state index contributed by atoms with van der Waals surface area (Å²) in [5.74, 6) is -4.05. The maximum Gasteiger partial charge on any atom is 0.451 e. The Kier molecular flexibility index (Phi) is 3.87. The zero-order valence-electron chi connectivity index (χ0n) is 15.1. The van der Waals surface area contributed by atoms with Gasteiger partial charge in [0, 0.05) is 11.8 Å². The Bertz CT molecular complexity index is 1090. The number of fused-ring (bicyclic) bond motifs is 1. The molecule has 29 heavy (non-hydrogen) atoms. The standard InChI is InChI=1S/C23H15F3O2S/c24-23(25,26)21(28)22(20(27)18-10-5-11-29-18)12-17-13-6-1-3-8-15(13)19(22)16-9-4-2-7-14(16)17/h1-11,17,19H,12H2. The Hall–Kier alpha value is -2.73. The van der Waals surface area contributed by atoms with E-state index >= 15 is 0 Å². The van der Waals surface area contributed by atoms with Crippen molar-refractivity contribution in [3.63, 3.8) is 0 Å². The van der Waals surface area contributed by atoms with E-state index in [2.05, 4.69) is 0 Å². The molecule has 3 aromatic rings. The number of rotatable bonds is 3. The van der Waals surface area contributed by atoms with Crippen LogP contribution in [0.3, 0.4) is 0 Å². The van der Waals surface area contributed by atoms with Crippen molar-refractivity contribution in [1.82, 2.24) is 0 Å². The molecule has 3 aliphatic rings. The van der Waals surface area contributed by atoms with Crippen LogP contribution in [0.1, 0.15) is 50.2 Å². The van der Waals surface area contributed by atoms with E-state index in [0.717, 1.165) is 22.5 Å². The second-order valence-electron chi connectivity index (χ2n) is 7.55. The number of alkyl halides is 3. The van der Waals surface area contributed by atoms with Gasteiger partial charge in [0.2, 0.25) is 0 Å². The lowest BCUT2D eigenvalue weighted by Gasteiger charge is -2.51. The van der Waals surface area contributed by atoms with Gasteiger partial charge in [-0.25, -0.2) is 0 Å². The van der Waals surface area contributed by atoms with Crippen LogP contribution in [0.5, 0.6) is 0 Å². The summed E-state index contributed by atoms with van der Waals surface area (Å²) in [6.07, 6.45) is -5.27. The molecular formula is C23H15F3O2S. The zero-order chi connectivity index (χ0) is 20.4. The van der Waals surface area contributed by atoms with Crippen molar-refractivity contribution in [2.45, 2.75) is 24.4 Å². The van der Waals surface area contributed by atoms with Crippen molar-refractivity contribution in [3.8, 4) is 0 Å². The normalized spacial score (nSPS) is 24.7. The van der Waals surface area contributed by atoms with E-state index in [0.29, 0.717) is 11.1 Å². The lowest BCUT2D eigenvalue weighted by atomic mass is 9.49. The van der Waals surface area contributed by atoms with Crippen LogP contribution in [0.25, 0.3) is 0 Å². The molecule has 0 saturated carbocycles. The fourth-order valence-corrected chi connectivity index (χ4v) is 5.89. The number of carbonyl (C=O) groups excluding carboxylic acids is 2. The Morgan fingerprint density at radius 3 is 1.90 bits per heavy atom. The topological polar surface area (TPSA) is 34.1 Å². The number of halogens is 3. The fraction of sp³-hybridized carbons (Fsp3) is 0.217. The van der Waals surface area contributed by atoms with Crippen LogP contribution in [0.2, 0.25) is 0 Å². The van der Waals surface area contributed by atoms with Crippen LogP contribution >= 0.6 is 11.3 Å². The molecule has 6 rings (SSSR count). The number of benzene rings is 2.